The smallest absolute Gasteiger partial charge is 0.407 e. The van der Waals surface area contributed by atoms with E-state index in [0.717, 1.165) is 63.2 Å². The molecular weight excluding hydrogens is 508 g/mol. The van der Waals surface area contributed by atoms with Crippen molar-refractivity contribution in [2.45, 2.75) is 38.5 Å². The van der Waals surface area contributed by atoms with E-state index in [-0.39, 0.29) is 11.6 Å². The lowest BCUT2D eigenvalue weighted by atomic mass is 10.1. The SMILES string of the molecule is O=C(O)N1CCCC(Nc2ccc3c(c2)Sc2cccc(-c4cc(N5CCOCC5)cc(=O)[nH]4)c2S3)C1. The van der Waals surface area contributed by atoms with Crippen LogP contribution in [0.15, 0.2) is 72.9 Å². The average molecular weight is 537 g/mol. The molecule has 1 atom stereocenters. The molecular formula is C27H28N4O4S2. The standard InChI is InChI=1S/C27H28N4O4S2/c32-25-15-19(30-9-11-35-12-10-30)14-21(29-25)20-4-1-5-23-26(20)37-22-7-6-17(13-24(22)36-23)28-18-3-2-8-31(16-18)27(33)34/h1,4-7,13-15,18,28H,2-3,8-12,16H2,(H,29,32)(H,33,34). The van der Waals surface area contributed by atoms with Crippen molar-refractivity contribution < 1.29 is 14.6 Å². The number of nitrogens with zero attached hydrogens (tertiary/aromatic N) is 2. The number of pyridine rings is 1. The van der Waals surface area contributed by atoms with Gasteiger partial charge in [-0.15, -0.1) is 0 Å². The van der Waals surface area contributed by atoms with E-state index in [1.165, 1.54) is 9.80 Å². The summed E-state index contributed by atoms with van der Waals surface area (Å²) in [5, 5.41) is 12.9. The molecule has 3 aliphatic rings. The molecule has 0 saturated carbocycles. The molecule has 10 heteroatoms. The average Bonchev–Trinajstić information content (AvgIpc) is 2.92. The van der Waals surface area contributed by atoms with Gasteiger partial charge in [0.1, 0.15) is 0 Å². The summed E-state index contributed by atoms with van der Waals surface area (Å²) in [5.41, 5.74) is 3.66. The maximum atomic E-state index is 12.6. The second-order valence-electron chi connectivity index (χ2n) is 9.43. The summed E-state index contributed by atoms with van der Waals surface area (Å²) in [5.74, 6) is 0. The Morgan fingerprint density at radius 2 is 1.89 bits per heavy atom. The van der Waals surface area contributed by atoms with Crippen molar-refractivity contribution in [2.24, 2.45) is 0 Å². The van der Waals surface area contributed by atoms with Crippen LogP contribution in [0.3, 0.4) is 0 Å². The van der Waals surface area contributed by atoms with Crippen molar-refractivity contribution in [1.82, 2.24) is 9.88 Å². The van der Waals surface area contributed by atoms with Gasteiger partial charge in [-0.05, 0) is 43.2 Å². The number of nitrogens with one attached hydrogen (secondary N) is 2. The monoisotopic (exact) mass is 536 g/mol. The van der Waals surface area contributed by atoms with Gasteiger partial charge in [0.15, 0.2) is 0 Å². The van der Waals surface area contributed by atoms with Crippen LogP contribution in [0.2, 0.25) is 0 Å². The molecule has 3 aromatic rings. The van der Waals surface area contributed by atoms with Crippen LogP contribution < -0.4 is 15.8 Å². The van der Waals surface area contributed by atoms with Gasteiger partial charge in [0, 0.05) is 74.8 Å². The number of carboxylic acid groups (broad SMARTS) is 1. The number of aromatic nitrogens is 1. The van der Waals surface area contributed by atoms with Crippen LogP contribution in [0.5, 0.6) is 0 Å². The van der Waals surface area contributed by atoms with Crippen molar-refractivity contribution in [3.05, 3.63) is 58.9 Å². The van der Waals surface area contributed by atoms with E-state index in [9.17, 15) is 14.7 Å². The predicted molar refractivity (Wildman–Crippen MR) is 146 cm³/mol. The number of aromatic amines is 1. The van der Waals surface area contributed by atoms with Crippen molar-refractivity contribution in [1.29, 1.82) is 0 Å². The fraction of sp³-hybridized carbons (Fsp3) is 0.333. The number of carbonyl (C=O) groups is 1. The van der Waals surface area contributed by atoms with Crippen LogP contribution in [0.4, 0.5) is 16.2 Å². The van der Waals surface area contributed by atoms with Gasteiger partial charge in [0.2, 0.25) is 5.56 Å². The molecule has 0 radical (unpaired) electrons. The topological polar surface area (TPSA) is 97.9 Å². The molecule has 2 fully saturated rings. The van der Waals surface area contributed by atoms with E-state index >= 15 is 0 Å². The Balaban J connectivity index is 1.25. The third-order valence-corrected chi connectivity index (χ3v) is 9.51. The first-order valence-electron chi connectivity index (χ1n) is 12.5. The highest BCUT2D eigenvalue weighted by Crippen LogP contribution is 2.52. The number of hydrogen-bond donors (Lipinski definition) is 3. The van der Waals surface area contributed by atoms with E-state index in [4.69, 9.17) is 4.74 Å². The van der Waals surface area contributed by atoms with Crippen LogP contribution in [0.1, 0.15) is 12.8 Å². The highest BCUT2D eigenvalue weighted by atomic mass is 32.2. The summed E-state index contributed by atoms with van der Waals surface area (Å²) in [4.78, 5) is 35.3. The molecule has 1 unspecified atom stereocenters. The van der Waals surface area contributed by atoms with E-state index in [0.29, 0.717) is 26.3 Å². The molecule has 4 heterocycles. The number of rotatable bonds is 4. The normalized spacial score (nSPS) is 19.2. The van der Waals surface area contributed by atoms with Gasteiger partial charge >= 0.3 is 6.09 Å². The zero-order valence-electron chi connectivity index (χ0n) is 20.2. The summed E-state index contributed by atoms with van der Waals surface area (Å²) in [6.07, 6.45) is 0.967. The molecule has 2 aromatic carbocycles. The van der Waals surface area contributed by atoms with E-state index < -0.39 is 6.09 Å². The number of morpholine rings is 1. The van der Waals surface area contributed by atoms with E-state index in [2.05, 4.69) is 51.6 Å². The summed E-state index contributed by atoms with van der Waals surface area (Å²) in [6, 6.07) is 16.4. The molecule has 0 bridgehead atoms. The number of ether oxygens (including phenoxy) is 1. The molecule has 6 rings (SSSR count). The van der Waals surface area contributed by atoms with Gasteiger partial charge < -0.3 is 29.9 Å². The largest absolute Gasteiger partial charge is 0.465 e. The number of H-pyrrole nitrogens is 1. The van der Waals surface area contributed by atoms with Crippen LogP contribution >= 0.6 is 23.5 Å². The first-order valence-corrected chi connectivity index (χ1v) is 14.1. The lowest BCUT2D eigenvalue weighted by Crippen LogP contribution is -2.44. The third kappa shape index (κ3) is 5.18. The molecule has 8 nitrogen and oxygen atoms in total. The van der Waals surface area contributed by atoms with Gasteiger partial charge in [0.05, 0.1) is 18.9 Å². The fourth-order valence-corrected chi connectivity index (χ4v) is 7.50. The molecule has 1 aromatic heterocycles. The highest BCUT2D eigenvalue weighted by molar-refractivity contribution is 8.05. The Bertz CT molecular complexity index is 1390. The fourth-order valence-electron chi connectivity index (χ4n) is 5.09. The number of likely N-dealkylation sites (tertiary alicyclic amines) is 1. The molecule has 0 spiro atoms. The summed E-state index contributed by atoms with van der Waals surface area (Å²) >= 11 is 3.45. The second-order valence-corrected chi connectivity index (χ2v) is 11.6. The third-order valence-electron chi connectivity index (χ3n) is 6.91. The second kappa shape index (κ2) is 10.4. The lowest BCUT2D eigenvalue weighted by Gasteiger charge is -2.32. The first-order chi connectivity index (χ1) is 18.0. The summed E-state index contributed by atoms with van der Waals surface area (Å²) in [6.45, 7) is 3.99. The minimum atomic E-state index is -0.854. The van der Waals surface area contributed by atoms with E-state index in [1.807, 2.05) is 6.07 Å². The van der Waals surface area contributed by atoms with Gasteiger partial charge in [0.25, 0.3) is 0 Å². The molecule has 3 aliphatic heterocycles. The maximum absolute atomic E-state index is 12.6. The number of hydrogen-bond acceptors (Lipinski definition) is 7. The minimum absolute atomic E-state index is 0.106. The minimum Gasteiger partial charge on any atom is -0.465 e. The summed E-state index contributed by atoms with van der Waals surface area (Å²) < 4.78 is 5.48. The number of benzene rings is 2. The van der Waals surface area contributed by atoms with Crippen LogP contribution in [-0.2, 0) is 4.74 Å². The highest BCUT2D eigenvalue weighted by Gasteiger charge is 2.25. The Labute approximate surface area is 223 Å². The van der Waals surface area contributed by atoms with E-state index in [1.54, 1.807) is 29.6 Å². The van der Waals surface area contributed by atoms with Gasteiger partial charge in [-0.3, -0.25) is 4.79 Å². The van der Waals surface area contributed by atoms with Crippen molar-refractivity contribution in [2.75, 3.05) is 49.6 Å². The van der Waals surface area contributed by atoms with Crippen LogP contribution in [0, 0.1) is 0 Å². The number of amides is 1. The maximum Gasteiger partial charge on any atom is 0.407 e. The molecule has 192 valence electrons. The zero-order chi connectivity index (χ0) is 25.4. The van der Waals surface area contributed by atoms with Crippen molar-refractivity contribution >= 4 is 41.0 Å². The Morgan fingerprint density at radius 1 is 1.03 bits per heavy atom. The number of fused-ring (bicyclic) bond motifs is 2. The van der Waals surface area contributed by atoms with Gasteiger partial charge in [-0.25, -0.2) is 4.79 Å². The Kier molecular flexibility index (Phi) is 6.79. The van der Waals surface area contributed by atoms with Crippen LogP contribution in [0.25, 0.3) is 11.3 Å². The lowest BCUT2D eigenvalue weighted by molar-refractivity contribution is 0.122. The molecule has 1 amide bonds. The van der Waals surface area contributed by atoms with Crippen LogP contribution in [-0.4, -0.2) is 66.5 Å². The zero-order valence-corrected chi connectivity index (χ0v) is 21.9. The number of piperidine rings is 1. The van der Waals surface area contributed by atoms with Crippen molar-refractivity contribution in [3.8, 4) is 11.3 Å². The molecule has 0 aliphatic carbocycles. The predicted octanol–water partition coefficient (Wildman–Crippen LogP) is 5.05. The first kappa shape index (κ1) is 24.3. The Hall–Kier alpha value is -3.08. The molecule has 2 saturated heterocycles. The van der Waals surface area contributed by atoms with Crippen molar-refractivity contribution in [3.63, 3.8) is 0 Å². The quantitative estimate of drug-likeness (QED) is 0.333. The molecule has 3 N–H and O–H groups in total. The Morgan fingerprint density at radius 3 is 2.73 bits per heavy atom. The van der Waals surface area contributed by atoms with Gasteiger partial charge in [-0.2, -0.15) is 0 Å². The number of anilines is 2. The molecule has 37 heavy (non-hydrogen) atoms. The van der Waals surface area contributed by atoms with Gasteiger partial charge in [-0.1, -0.05) is 35.7 Å². The summed E-state index contributed by atoms with van der Waals surface area (Å²) in [7, 11) is 0.